The lowest BCUT2D eigenvalue weighted by molar-refractivity contribution is -0.117. The first-order valence-corrected chi connectivity index (χ1v) is 6.19. The lowest BCUT2D eigenvalue weighted by Crippen LogP contribution is -2.14. The van der Waals surface area contributed by atoms with Crippen LogP contribution in [-0.4, -0.2) is 5.91 Å². The second-order valence-electron chi connectivity index (χ2n) is 4.82. The molecule has 90 valence electrons. The van der Waals surface area contributed by atoms with Crippen molar-refractivity contribution in [3.8, 4) is 0 Å². The van der Waals surface area contributed by atoms with Crippen molar-refractivity contribution in [2.24, 2.45) is 0 Å². The van der Waals surface area contributed by atoms with Gasteiger partial charge in [0.05, 0.1) is 5.92 Å². The molecule has 0 aromatic heterocycles. The largest absolute Gasteiger partial charge is 0.325 e. The molecular formula is C16H15NO. The number of anilines is 1. The number of aryl methyl sites for hydroxylation is 1. The SMILES string of the molecule is Cc1ccc(CC2C(=O)Nc3ccccc32)cc1. The molecule has 0 fully saturated rings. The van der Waals surface area contributed by atoms with Crippen LogP contribution in [0.25, 0.3) is 0 Å². The molecule has 1 aliphatic rings. The van der Waals surface area contributed by atoms with Gasteiger partial charge in [-0.15, -0.1) is 0 Å². The second kappa shape index (κ2) is 4.30. The molecule has 0 aliphatic carbocycles. The molecule has 1 amide bonds. The number of amides is 1. The highest BCUT2D eigenvalue weighted by Gasteiger charge is 2.29. The molecule has 0 bridgehead atoms. The minimum atomic E-state index is -0.0519. The number of hydrogen-bond donors (Lipinski definition) is 1. The zero-order valence-corrected chi connectivity index (χ0v) is 10.3. The molecule has 0 saturated carbocycles. The van der Waals surface area contributed by atoms with Gasteiger partial charge in [0.25, 0.3) is 0 Å². The minimum absolute atomic E-state index is 0.0519. The Labute approximate surface area is 107 Å². The van der Waals surface area contributed by atoms with Gasteiger partial charge in [0.1, 0.15) is 0 Å². The molecule has 18 heavy (non-hydrogen) atoms. The smallest absolute Gasteiger partial charge is 0.232 e. The molecular weight excluding hydrogens is 222 g/mol. The Morgan fingerprint density at radius 1 is 1.06 bits per heavy atom. The summed E-state index contributed by atoms with van der Waals surface area (Å²) in [5.41, 5.74) is 4.52. The monoisotopic (exact) mass is 237 g/mol. The molecule has 0 spiro atoms. The van der Waals surface area contributed by atoms with Crippen molar-refractivity contribution in [2.45, 2.75) is 19.3 Å². The van der Waals surface area contributed by atoms with Crippen molar-refractivity contribution >= 4 is 11.6 Å². The highest BCUT2D eigenvalue weighted by atomic mass is 16.2. The van der Waals surface area contributed by atoms with Crippen molar-refractivity contribution in [3.05, 3.63) is 65.2 Å². The van der Waals surface area contributed by atoms with Crippen LogP contribution in [0.15, 0.2) is 48.5 Å². The third-order valence-electron chi connectivity index (χ3n) is 3.47. The normalized spacial score (nSPS) is 17.4. The predicted molar refractivity (Wildman–Crippen MR) is 72.7 cm³/mol. The van der Waals surface area contributed by atoms with E-state index in [0.717, 1.165) is 17.7 Å². The van der Waals surface area contributed by atoms with E-state index in [1.54, 1.807) is 0 Å². The molecule has 1 aliphatic heterocycles. The van der Waals surface area contributed by atoms with Crippen LogP contribution in [0.5, 0.6) is 0 Å². The molecule has 0 saturated heterocycles. The Balaban J connectivity index is 1.89. The summed E-state index contributed by atoms with van der Waals surface area (Å²) >= 11 is 0. The van der Waals surface area contributed by atoms with Gasteiger partial charge in [-0.05, 0) is 30.5 Å². The van der Waals surface area contributed by atoms with Gasteiger partial charge in [-0.25, -0.2) is 0 Å². The predicted octanol–water partition coefficient (Wildman–Crippen LogP) is 3.27. The number of fused-ring (bicyclic) bond motifs is 1. The van der Waals surface area contributed by atoms with Crippen LogP contribution in [-0.2, 0) is 11.2 Å². The summed E-state index contributed by atoms with van der Waals surface area (Å²) in [7, 11) is 0. The summed E-state index contributed by atoms with van der Waals surface area (Å²) in [5, 5.41) is 2.94. The fraction of sp³-hybridized carbons (Fsp3) is 0.188. The van der Waals surface area contributed by atoms with E-state index < -0.39 is 0 Å². The molecule has 3 rings (SSSR count). The van der Waals surface area contributed by atoms with E-state index in [1.165, 1.54) is 11.1 Å². The van der Waals surface area contributed by atoms with Gasteiger partial charge in [-0.2, -0.15) is 0 Å². The molecule has 0 radical (unpaired) electrons. The fourth-order valence-electron chi connectivity index (χ4n) is 2.44. The van der Waals surface area contributed by atoms with E-state index in [1.807, 2.05) is 24.3 Å². The molecule has 2 heteroatoms. The van der Waals surface area contributed by atoms with Crippen molar-refractivity contribution < 1.29 is 4.79 Å². The van der Waals surface area contributed by atoms with E-state index in [4.69, 9.17) is 0 Å². The number of rotatable bonds is 2. The standard InChI is InChI=1S/C16H15NO/c1-11-6-8-12(9-7-11)10-14-13-4-2-3-5-15(13)17-16(14)18/h2-9,14H,10H2,1H3,(H,17,18). The van der Waals surface area contributed by atoms with Gasteiger partial charge in [0, 0.05) is 5.69 Å². The Morgan fingerprint density at radius 3 is 2.56 bits per heavy atom. The Morgan fingerprint density at radius 2 is 1.78 bits per heavy atom. The van der Waals surface area contributed by atoms with Gasteiger partial charge in [0.2, 0.25) is 5.91 Å². The van der Waals surface area contributed by atoms with Gasteiger partial charge in [-0.3, -0.25) is 4.79 Å². The maximum atomic E-state index is 12.0. The van der Waals surface area contributed by atoms with Crippen molar-refractivity contribution in [1.29, 1.82) is 0 Å². The molecule has 1 N–H and O–H groups in total. The Bertz CT molecular complexity index is 586. The average Bonchev–Trinajstić information content (AvgIpc) is 2.69. The summed E-state index contributed by atoms with van der Waals surface area (Å²) in [4.78, 5) is 12.0. The maximum absolute atomic E-state index is 12.0. The number of carbonyl (C=O) groups excluding carboxylic acids is 1. The first-order valence-electron chi connectivity index (χ1n) is 6.19. The van der Waals surface area contributed by atoms with Gasteiger partial charge < -0.3 is 5.32 Å². The van der Waals surface area contributed by atoms with E-state index in [-0.39, 0.29) is 11.8 Å². The topological polar surface area (TPSA) is 29.1 Å². The van der Waals surface area contributed by atoms with Crippen LogP contribution in [0.3, 0.4) is 0 Å². The van der Waals surface area contributed by atoms with E-state index in [9.17, 15) is 4.79 Å². The van der Waals surface area contributed by atoms with Crippen LogP contribution < -0.4 is 5.32 Å². The summed E-state index contributed by atoms with van der Waals surface area (Å²) in [6.45, 7) is 2.07. The number of benzene rings is 2. The third-order valence-corrected chi connectivity index (χ3v) is 3.47. The number of hydrogen-bond acceptors (Lipinski definition) is 1. The van der Waals surface area contributed by atoms with Crippen LogP contribution in [0.1, 0.15) is 22.6 Å². The highest BCUT2D eigenvalue weighted by molar-refractivity contribution is 6.03. The summed E-state index contributed by atoms with van der Waals surface area (Å²) < 4.78 is 0. The van der Waals surface area contributed by atoms with E-state index in [0.29, 0.717) is 0 Å². The Hall–Kier alpha value is -2.09. The molecule has 2 aromatic rings. The van der Waals surface area contributed by atoms with Gasteiger partial charge in [0.15, 0.2) is 0 Å². The minimum Gasteiger partial charge on any atom is -0.325 e. The van der Waals surface area contributed by atoms with Crippen molar-refractivity contribution in [3.63, 3.8) is 0 Å². The van der Waals surface area contributed by atoms with Crippen LogP contribution >= 0.6 is 0 Å². The highest BCUT2D eigenvalue weighted by Crippen LogP contribution is 2.34. The zero-order valence-electron chi connectivity index (χ0n) is 10.3. The molecule has 1 atom stereocenters. The van der Waals surface area contributed by atoms with Crippen molar-refractivity contribution in [1.82, 2.24) is 0 Å². The van der Waals surface area contributed by atoms with Crippen molar-refractivity contribution in [2.75, 3.05) is 5.32 Å². The van der Waals surface area contributed by atoms with Gasteiger partial charge >= 0.3 is 0 Å². The summed E-state index contributed by atoms with van der Waals surface area (Å²) in [6, 6.07) is 16.3. The van der Waals surface area contributed by atoms with E-state index >= 15 is 0 Å². The molecule has 1 unspecified atom stereocenters. The number of carbonyl (C=O) groups is 1. The second-order valence-corrected chi connectivity index (χ2v) is 4.82. The summed E-state index contributed by atoms with van der Waals surface area (Å²) in [6.07, 6.45) is 0.767. The van der Waals surface area contributed by atoms with Crippen LogP contribution in [0.4, 0.5) is 5.69 Å². The van der Waals surface area contributed by atoms with Gasteiger partial charge in [-0.1, -0.05) is 48.0 Å². The molecule has 2 nitrogen and oxygen atoms in total. The fourth-order valence-corrected chi connectivity index (χ4v) is 2.44. The molecule has 2 aromatic carbocycles. The summed E-state index contributed by atoms with van der Waals surface area (Å²) in [5.74, 6) is 0.0562. The lowest BCUT2D eigenvalue weighted by Gasteiger charge is -2.09. The average molecular weight is 237 g/mol. The quantitative estimate of drug-likeness (QED) is 0.853. The first-order chi connectivity index (χ1) is 8.74. The van der Waals surface area contributed by atoms with Crippen LogP contribution in [0.2, 0.25) is 0 Å². The number of nitrogens with one attached hydrogen (secondary N) is 1. The zero-order chi connectivity index (χ0) is 12.5. The molecule has 1 heterocycles. The maximum Gasteiger partial charge on any atom is 0.232 e. The number of para-hydroxylation sites is 1. The van der Waals surface area contributed by atoms with Crippen LogP contribution in [0, 0.1) is 6.92 Å². The first kappa shape index (κ1) is 11.0. The third kappa shape index (κ3) is 1.90. The Kier molecular flexibility index (Phi) is 2.63. The van der Waals surface area contributed by atoms with E-state index in [2.05, 4.69) is 36.5 Å². The lowest BCUT2D eigenvalue weighted by atomic mass is 9.93.